The summed E-state index contributed by atoms with van der Waals surface area (Å²) in [5, 5.41) is 5.07. The highest BCUT2D eigenvalue weighted by molar-refractivity contribution is 7.98. The van der Waals surface area contributed by atoms with Crippen molar-refractivity contribution in [3.63, 3.8) is 0 Å². The van der Waals surface area contributed by atoms with E-state index in [4.69, 9.17) is 27.9 Å². The SMILES string of the molecule is C=S(C)(=O)n1cc(C(=O)N2CCC3(S(=O)(=O)c4ccccc4)c4ccc(OCc5c(Cl)cccc5Cl)cc4CCC23)cn1. The molecule has 3 aromatic carbocycles. The largest absolute Gasteiger partial charge is 0.489 e. The van der Waals surface area contributed by atoms with Gasteiger partial charge in [-0.05, 0) is 72.7 Å². The molecule has 0 bridgehead atoms. The first-order chi connectivity index (χ1) is 20.4. The molecule has 0 spiro atoms. The van der Waals surface area contributed by atoms with E-state index in [0.29, 0.717) is 39.8 Å². The summed E-state index contributed by atoms with van der Waals surface area (Å²) in [4.78, 5) is 15.6. The van der Waals surface area contributed by atoms with Crippen LogP contribution in [-0.2, 0) is 37.3 Å². The molecule has 1 amide bonds. The summed E-state index contributed by atoms with van der Waals surface area (Å²) >= 11 is 12.6. The van der Waals surface area contributed by atoms with Gasteiger partial charge in [-0.2, -0.15) is 9.19 Å². The molecule has 4 aromatic rings. The lowest BCUT2D eigenvalue weighted by atomic mass is 9.78. The van der Waals surface area contributed by atoms with Crippen LogP contribution in [0.4, 0.5) is 0 Å². The van der Waals surface area contributed by atoms with Crippen molar-refractivity contribution in [2.45, 2.75) is 41.6 Å². The molecule has 0 N–H and O–H groups in total. The zero-order chi connectivity index (χ0) is 30.6. The lowest BCUT2D eigenvalue weighted by Gasteiger charge is -2.42. The molecule has 0 radical (unpaired) electrons. The summed E-state index contributed by atoms with van der Waals surface area (Å²) < 4.78 is 47.5. The number of benzene rings is 3. The molecule has 224 valence electrons. The highest BCUT2D eigenvalue weighted by Gasteiger charge is 2.61. The lowest BCUT2D eigenvalue weighted by molar-refractivity contribution is 0.0712. The molecular formula is C31H29Cl2N3O5S2. The van der Waals surface area contributed by atoms with Gasteiger partial charge in [0.2, 0.25) is 0 Å². The number of likely N-dealkylation sites (tertiary alicyclic amines) is 1. The molecule has 2 heterocycles. The van der Waals surface area contributed by atoms with Crippen molar-refractivity contribution in [3.05, 3.63) is 111 Å². The monoisotopic (exact) mass is 657 g/mol. The fourth-order valence-electron chi connectivity index (χ4n) is 6.26. The normalized spacial score (nSPS) is 21.1. The molecule has 1 aliphatic heterocycles. The van der Waals surface area contributed by atoms with Crippen molar-refractivity contribution in [3.8, 4) is 5.75 Å². The number of sulfone groups is 1. The Morgan fingerprint density at radius 2 is 1.79 bits per heavy atom. The molecule has 0 saturated carbocycles. The van der Waals surface area contributed by atoms with Gasteiger partial charge in [-0.1, -0.05) is 53.5 Å². The van der Waals surface area contributed by atoms with Gasteiger partial charge in [0.05, 0.1) is 38.6 Å². The van der Waals surface area contributed by atoms with Crippen LogP contribution in [0.5, 0.6) is 5.75 Å². The second-order valence-corrected chi connectivity index (χ2v) is 16.2. The van der Waals surface area contributed by atoms with Gasteiger partial charge in [-0.25, -0.2) is 12.6 Å². The maximum atomic E-state index is 14.6. The van der Waals surface area contributed by atoms with Crippen molar-refractivity contribution in [1.29, 1.82) is 0 Å². The van der Waals surface area contributed by atoms with E-state index in [-0.39, 0.29) is 35.9 Å². The number of rotatable bonds is 7. The number of aryl methyl sites for hydroxylation is 1. The Morgan fingerprint density at radius 1 is 1.07 bits per heavy atom. The summed E-state index contributed by atoms with van der Waals surface area (Å²) in [5.74, 6) is 3.83. The van der Waals surface area contributed by atoms with Crippen molar-refractivity contribution in [2.24, 2.45) is 0 Å². The van der Waals surface area contributed by atoms with Gasteiger partial charge in [0, 0.05) is 28.4 Å². The van der Waals surface area contributed by atoms with Gasteiger partial charge < -0.3 is 9.64 Å². The van der Waals surface area contributed by atoms with Crippen LogP contribution in [0.2, 0.25) is 10.0 Å². The van der Waals surface area contributed by atoms with Crippen molar-refractivity contribution >= 4 is 54.5 Å². The van der Waals surface area contributed by atoms with Gasteiger partial charge >= 0.3 is 0 Å². The van der Waals surface area contributed by atoms with Crippen LogP contribution in [-0.4, -0.2) is 57.3 Å². The second kappa shape index (κ2) is 11.0. The van der Waals surface area contributed by atoms with E-state index in [9.17, 15) is 17.4 Å². The standard InChI is InChI=1S/C31H29Cl2N3O5S2/c1-42(2,38)36-19-22(18-34-36)30(37)35-16-15-31(43(39,40)24-7-4-3-5-8-24)26-13-12-23(17-21(26)11-14-29(31)35)41-20-25-27(32)9-6-10-28(25)33/h3-10,12-13,17-19,29H,1,11,14-16,20H2,2H3. The van der Waals surface area contributed by atoms with E-state index in [1.165, 1.54) is 22.7 Å². The third-order valence-electron chi connectivity index (χ3n) is 8.30. The molecule has 1 aliphatic carbocycles. The molecule has 1 aromatic heterocycles. The summed E-state index contributed by atoms with van der Waals surface area (Å²) in [6, 6.07) is 18.4. The van der Waals surface area contributed by atoms with Gasteiger partial charge in [-0.3, -0.25) is 4.79 Å². The van der Waals surface area contributed by atoms with Gasteiger partial charge in [0.15, 0.2) is 9.84 Å². The van der Waals surface area contributed by atoms with Gasteiger partial charge in [0.25, 0.3) is 5.91 Å². The highest BCUT2D eigenvalue weighted by Crippen LogP contribution is 2.53. The van der Waals surface area contributed by atoms with E-state index < -0.39 is 30.3 Å². The molecule has 3 unspecified atom stereocenters. The minimum atomic E-state index is -3.97. The van der Waals surface area contributed by atoms with Gasteiger partial charge in [-0.15, -0.1) is 0 Å². The topological polar surface area (TPSA) is 98.6 Å². The first-order valence-electron chi connectivity index (χ1n) is 13.6. The molecule has 6 rings (SSSR count). The smallest absolute Gasteiger partial charge is 0.257 e. The van der Waals surface area contributed by atoms with E-state index in [2.05, 4.69) is 11.0 Å². The Hall–Kier alpha value is -3.31. The van der Waals surface area contributed by atoms with E-state index in [1.807, 2.05) is 12.1 Å². The minimum Gasteiger partial charge on any atom is -0.489 e. The third kappa shape index (κ3) is 5.04. The number of carbonyl (C=O) groups is 1. The van der Waals surface area contributed by atoms with E-state index in [1.54, 1.807) is 59.5 Å². The predicted octanol–water partition coefficient (Wildman–Crippen LogP) is 5.41. The maximum absolute atomic E-state index is 14.6. The summed E-state index contributed by atoms with van der Waals surface area (Å²) in [6.07, 6.45) is 5.39. The minimum absolute atomic E-state index is 0.154. The Labute approximate surface area is 261 Å². The number of halogens is 2. The number of hydrogen-bond acceptors (Lipinski definition) is 6. The van der Waals surface area contributed by atoms with Crippen LogP contribution in [0.1, 0.15) is 39.9 Å². The first kappa shape index (κ1) is 29.7. The first-order valence-corrected chi connectivity index (χ1v) is 17.9. The Bertz CT molecular complexity index is 1920. The Kier molecular flexibility index (Phi) is 7.61. The van der Waals surface area contributed by atoms with Crippen LogP contribution in [0.3, 0.4) is 0 Å². The average Bonchev–Trinajstić information content (AvgIpc) is 3.64. The molecule has 1 saturated heterocycles. The van der Waals surface area contributed by atoms with Crippen LogP contribution < -0.4 is 4.74 Å². The number of carbonyl (C=O) groups excluding carboxylic acids is 1. The van der Waals surface area contributed by atoms with Crippen LogP contribution in [0.25, 0.3) is 0 Å². The molecule has 1 fully saturated rings. The van der Waals surface area contributed by atoms with E-state index >= 15 is 0 Å². The van der Waals surface area contributed by atoms with Crippen molar-refractivity contribution in [2.75, 3.05) is 12.8 Å². The molecule has 43 heavy (non-hydrogen) atoms. The highest BCUT2D eigenvalue weighted by atomic mass is 35.5. The van der Waals surface area contributed by atoms with Crippen molar-refractivity contribution < 1.29 is 22.2 Å². The number of nitrogens with zero attached hydrogens (tertiary/aromatic N) is 3. The quantitative estimate of drug-likeness (QED) is 0.247. The fraction of sp³-hybridized carbons (Fsp3) is 0.258. The second-order valence-electron chi connectivity index (χ2n) is 10.9. The third-order valence-corrected chi connectivity index (χ3v) is 12.5. The zero-order valence-electron chi connectivity index (χ0n) is 23.3. The van der Waals surface area contributed by atoms with Crippen molar-refractivity contribution in [1.82, 2.24) is 14.1 Å². The van der Waals surface area contributed by atoms with E-state index in [0.717, 1.165) is 5.56 Å². The molecule has 8 nitrogen and oxygen atoms in total. The number of amides is 1. The Balaban J connectivity index is 1.40. The summed E-state index contributed by atoms with van der Waals surface area (Å²) in [7, 11) is -6.66. The fourth-order valence-corrected chi connectivity index (χ4v) is 9.74. The predicted molar refractivity (Wildman–Crippen MR) is 169 cm³/mol. The summed E-state index contributed by atoms with van der Waals surface area (Å²) in [6.45, 7) is 0.385. The average molecular weight is 659 g/mol. The number of hydrogen-bond donors (Lipinski definition) is 0. The summed E-state index contributed by atoms with van der Waals surface area (Å²) in [5.41, 5.74) is 2.41. The molecule has 3 atom stereocenters. The molecule has 2 aliphatic rings. The zero-order valence-corrected chi connectivity index (χ0v) is 26.4. The van der Waals surface area contributed by atoms with Crippen LogP contribution >= 0.6 is 23.2 Å². The lowest BCUT2D eigenvalue weighted by Crippen LogP contribution is -2.52. The van der Waals surface area contributed by atoms with Crippen LogP contribution in [0.15, 0.2) is 84.0 Å². The maximum Gasteiger partial charge on any atom is 0.257 e. The molecular weight excluding hydrogens is 629 g/mol. The molecule has 12 heteroatoms. The Morgan fingerprint density at radius 3 is 2.47 bits per heavy atom. The van der Waals surface area contributed by atoms with Crippen LogP contribution in [0, 0.1) is 0 Å². The number of fused-ring (bicyclic) bond motifs is 3. The number of aromatic nitrogens is 2. The van der Waals surface area contributed by atoms with Gasteiger partial charge in [0.1, 0.15) is 17.1 Å². The number of ether oxygens (including phenoxy) is 1.